The Bertz CT molecular complexity index is 448. The summed E-state index contributed by atoms with van der Waals surface area (Å²) in [5.74, 6) is 0.781. The van der Waals surface area contributed by atoms with Gasteiger partial charge in [-0.2, -0.15) is 0 Å². The van der Waals surface area contributed by atoms with Crippen molar-refractivity contribution in [2.75, 3.05) is 32.8 Å². The number of nitrogens with one attached hydrogen (secondary N) is 1. The Morgan fingerprint density at radius 3 is 2.90 bits per heavy atom. The number of rotatable bonds is 6. The van der Waals surface area contributed by atoms with E-state index in [1.165, 1.54) is 0 Å². The number of carbonyl (C=O) groups excluding carboxylic acids is 1. The Morgan fingerprint density at radius 2 is 2.19 bits per heavy atom. The Kier molecular flexibility index (Phi) is 5.59. The van der Waals surface area contributed by atoms with Crippen LogP contribution < -0.4 is 10.1 Å². The van der Waals surface area contributed by atoms with Crippen molar-refractivity contribution in [3.63, 3.8) is 0 Å². The number of piperidine rings is 1. The molecule has 0 aliphatic carbocycles. The van der Waals surface area contributed by atoms with Gasteiger partial charge in [-0.1, -0.05) is 18.2 Å². The molecule has 0 radical (unpaired) electrons. The van der Waals surface area contributed by atoms with Crippen LogP contribution in [0.15, 0.2) is 30.3 Å². The van der Waals surface area contributed by atoms with Crippen molar-refractivity contribution in [1.29, 1.82) is 0 Å². The Labute approximate surface area is 125 Å². The lowest BCUT2D eigenvalue weighted by Gasteiger charge is -2.36. The fourth-order valence-corrected chi connectivity index (χ4v) is 2.59. The Balaban J connectivity index is 1.61. The van der Waals surface area contributed by atoms with E-state index in [4.69, 9.17) is 4.74 Å². The van der Waals surface area contributed by atoms with Gasteiger partial charge in [0.25, 0.3) is 0 Å². The van der Waals surface area contributed by atoms with E-state index in [-0.39, 0.29) is 5.91 Å². The molecule has 0 aromatic heterocycles. The topological polar surface area (TPSA) is 61.8 Å². The minimum Gasteiger partial charge on any atom is -0.492 e. The summed E-state index contributed by atoms with van der Waals surface area (Å²) in [6.45, 7) is 4.52. The predicted molar refractivity (Wildman–Crippen MR) is 81.2 cm³/mol. The number of para-hydroxylation sites is 1. The van der Waals surface area contributed by atoms with Gasteiger partial charge in [-0.05, 0) is 38.4 Å². The zero-order chi connectivity index (χ0) is 15.1. The normalized spacial score (nSPS) is 22.8. The monoisotopic (exact) mass is 292 g/mol. The van der Waals surface area contributed by atoms with Crippen LogP contribution in [0, 0.1) is 0 Å². The molecule has 1 fully saturated rings. The van der Waals surface area contributed by atoms with Crippen LogP contribution in [0.3, 0.4) is 0 Å². The maximum absolute atomic E-state index is 11.8. The molecule has 1 aromatic carbocycles. The van der Waals surface area contributed by atoms with Gasteiger partial charge in [0.05, 0.1) is 18.7 Å². The SMILES string of the molecule is CC1(O)CCCN(CC(=O)NCCOc2ccccc2)C1. The molecular formula is C16H24N2O3. The summed E-state index contributed by atoms with van der Waals surface area (Å²) in [5, 5.41) is 12.8. The van der Waals surface area contributed by atoms with Gasteiger partial charge in [0.15, 0.2) is 0 Å². The molecule has 5 heteroatoms. The van der Waals surface area contributed by atoms with Crippen molar-refractivity contribution in [2.45, 2.75) is 25.4 Å². The molecule has 0 saturated carbocycles. The highest BCUT2D eigenvalue weighted by atomic mass is 16.5. The number of ether oxygens (including phenoxy) is 1. The minimum absolute atomic E-state index is 0.0237. The van der Waals surface area contributed by atoms with E-state index >= 15 is 0 Å². The number of likely N-dealkylation sites (tertiary alicyclic amines) is 1. The van der Waals surface area contributed by atoms with Gasteiger partial charge in [0.1, 0.15) is 12.4 Å². The van der Waals surface area contributed by atoms with Gasteiger partial charge in [0.2, 0.25) is 5.91 Å². The molecule has 1 amide bonds. The average Bonchev–Trinajstić information content (AvgIpc) is 2.44. The third-order valence-electron chi connectivity index (χ3n) is 3.56. The second-order valence-electron chi connectivity index (χ2n) is 5.82. The highest BCUT2D eigenvalue weighted by Crippen LogP contribution is 2.19. The molecule has 0 bridgehead atoms. The molecular weight excluding hydrogens is 268 g/mol. The van der Waals surface area contributed by atoms with E-state index in [0.717, 1.165) is 25.1 Å². The van der Waals surface area contributed by atoms with E-state index in [1.807, 2.05) is 42.2 Å². The van der Waals surface area contributed by atoms with Crippen LogP contribution in [0.1, 0.15) is 19.8 Å². The lowest BCUT2D eigenvalue weighted by molar-refractivity contribution is -0.123. The summed E-state index contributed by atoms with van der Waals surface area (Å²) in [6.07, 6.45) is 1.73. The van der Waals surface area contributed by atoms with E-state index in [9.17, 15) is 9.90 Å². The number of amides is 1. The third kappa shape index (κ3) is 5.73. The predicted octanol–water partition coefficient (Wildman–Crippen LogP) is 1.03. The molecule has 2 rings (SSSR count). The molecule has 2 N–H and O–H groups in total. The van der Waals surface area contributed by atoms with Crippen molar-refractivity contribution in [3.8, 4) is 5.75 Å². The van der Waals surface area contributed by atoms with Crippen molar-refractivity contribution in [2.24, 2.45) is 0 Å². The smallest absolute Gasteiger partial charge is 0.234 e. The second-order valence-corrected chi connectivity index (χ2v) is 5.82. The quantitative estimate of drug-likeness (QED) is 0.769. The molecule has 1 heterocycles. The first-order valence-corrected chi connectivity index (χ1v) is 7.44. The van der Waals surface area contributed by atoms with Gasteiger partial charge >= 0.3 is 0 Å². The summed E-state index contributed by atoms with van der Waals surface area (Å²) in [5.41, 5.74) is -0.672. The number of hydrogen-bond donors (Lipinski definition) is 2. The Hall–Kier alpha value is -1.59. The van der Waals surface area contributed by atoms with Gasteiger partial charge in [-0.3, -0.25) is 9.69 Å². The number of carbonyl (C=O) groups is 1. The molecule has 21 heavy (non-hydrogen) atoms. The van der Waals surface area contributed by atoms with Gasteiger partial charge in [-0.25, -0.2) is 0 Å². The lowest BCUT2D eigenvalue weighted by atomic mass is 9.95. The van der Waals surface area contributed by atoms with E-state index < -0.39 is 5.60 Å². The van der Waals surface area contributed by atoms with Crippen LogP contribution in [0.4, 0.5) is 0 Å². The molecule has 1 saturated heterocycles. The third-order valence-corrected chi connectivity index (χ3v) is 3.56. The van der Waals surface area contributed by atoms with Crippen molar-refractivity contribution in [3.05, 3.63) is 30.3 Å². The maximum atomic E-state index is 11.8. The molecule has 0 spiro atoms. The van der Waals surface area contributed by atoms with Crippen LogP contribution in [-0.4, -0.2) is 54.3 Å². The summed E-state index contributed by atoms with van der Waals surface area (Å²) in [7, 11) is 0. The van der Waals surface area contributed by atoms with E-state index in [2.05, 4.69) is 5.32 Å². The van der Waals surface area contributed by atoms with Crippen molar-refractivity contribution in [1.82, 2.24) is 10.2 Å². The average molecular weight is 292 g/mol. The van der Waals surface area contributed by atoms with Crippen LogP contribution in [0.2, 0.25) is 0 Å². The molecule has 1 aliphatic heterocycles. The van der Waals surface area contributed by atoms with Gasteiger partial charge in [-0.15, -0.1) is 0 Å². The molecule has 1 aromatic rings. The summed E-state index contributed by atoms with van der Waals surface area (Å²) >= 11 is 0. The molecule has 1 aliphatic rings. The highest BCUT2D eigenvalue weighted by molar-refractivity contribution is 5.78. The zero-order valence-electron chi connectivity index (χ0n) is 12.5. The number of hydrogen-bond acceptors (Lipinski definition) is 4. The van der Waals surface area contributed by atoms with Crippen molar-refractivity contribution < 1.29 is 14.6 Å². The van der Waals surface area contributed by atoms with Crippen LogP contribution in [0.5, 0.6) is 5.75 Å². The van der Waals surface area contributed by atoms with Gasteiger partial charge in [0, 0.05) is 6.54 Å². The fourth-order valence-electron chi connectivity index (χ4n) is 2.59. The first kappa shape index (κ1) is 15.8. The summed E-state index contributed by atoms with van der Waals surface area (Å²) in [6, 6.07) is 9.53. The fraction of sp³-hybridized carbons (Fsp3) is 0.562. The van der Waals surface area contributed by atoms with Crippen LogP contribution >= 0.6 is 0 Å². The number of β-amino-alcohol motifs (C(OH)–C–C–N with tert-alkyl or cyclic N) is 1. The van der Waals surface area contributed by atoms with E-state index in [1.54, 1.807) is 0 Å². The van der Waals surface area contributed by atoms with Crippen LogP contribution in [0.25, 0.3) is 0 Å². The first-order valence-electron chi connectivity index (χ1n) is 7.44. The summed E-state index contributed by atoms with van der Waals surface area (Å²) < 4.78 is 5.51. The first-order chi connectivity index (χ1) is 10.1. The molecule has 5 nitrogen and oxygen atoms in total. The Morgan fingerprint density at radius 1 is 1.43 bits per heavy atom. The maximum Gasteiger partial charge on any atom is 0.234 e. The van der Waals surface area contributed by atoms with Gasteiger partial charge < -0.3 is 15.2 Å². The lowest BCUT2D eigenvalue weighted by Crippen LogP contribution is -2.49. The number of nitrogens with zero attached hydrogens (tertiary/aromatic N) is 1. The summed E-state index contributed by atoms with van der Waals surface area (Å²) in [4.78, 5) is 13.8. The van der Waals surface area contributed by atoms with Crippen LogP contribution in [-0.2, 0) is 4.79 Å². The second kappa shape index (κ2) is 7.43. The molecule has 116 valence electrons. The minimum atomic E-state index is -0.672. The molecule has 1 unspecified atom stereocenters. The molecule has 1 atom stereocenters. The zero-order valence-corrected chi connectivity index (χ0v) is 12.5. The number of aliphatic hydroxyl groups is 1. The van der Waals surface area contributed by atoms with Crippen molar-refractivity contribution >= 4 is 5.91 Å². The van der Waals surface area contributed by atoms with E-state index in [0.29, 0.717) is 26.2 Å². The highest BCUT2D eigenvalue weighted by Gasteiger charge is 2.28. The number of benzene rings is 1. The largest absolute Gasteiger partial charge is 0.492 e. The standard InChI is InChI=1S/C16H24N2O3/c1-16(20)8-5-10-18(13-16)12-15(19)17-9-11-21-14-6-3-2-4-7-14/h2-4,6-7,20H,5,8-13H2,1H3,(H,17,19).